The van der Waals surface area contributed by atoms with Crippen LogP contribution in [0.1, 0.15) is 16.9 Å². The monoisotopic (exact) mass is 162 g/mol. The summed E-state index contributed by atoms with van der Waals surface area (Å²) < 4.78 is 5.12. The molecular formula is C10H10O2. The molecule has 0 spiro atoms. The molecule has 2 heteroatoms. The van der Waals surface area contributed by atoms with Crippen molar-refractivity contribution in [2.24, 2.45) is 0 Å². The molecule has 0 aromatic carbocycles. The summed E-state index contributed by atoms with van der Waals surface area (Å²) >= 11 is 0. The van der Waals surface area contributed by atoms with Gasteiger partial charge in [-0.3, -0.25) is 4.79 Å². The third kappa shape index (κ3) is 1.23. The zero-order valence-corrected chi connectivity index (χ0v) is 6.96. The highest BCUT2D eigenvalue weighted by Crippen LogP contribution is 2.08. The zero-order chi connectivity index (χ0) is 9.14. The van der Waals surface area contributed by atoms with E-state index >= 15 is 0 Å². The van der Waals surface area contributed by atoms with Gasteiger partial charge in [0.15, 0.2) is 5.43 Å². The standard InChI is InChI=1S/C10H10O2/c1-4-8-9(5-2)12-6-7(3)10(8)11/h4-6H,1-2H2,3H3. The van der Waals surface area contributed by atoms with Crippen LogP contribution in [0.15, 0.2) is 28.6 Å². The average Bonchev–Trinajstić information content (AvgIpc) is 2.09. The van der Waals surface area contributed by atoms with E-state index in [0.29, 0.717) is 16.9 Å². The Morgan fingerprint density at radius 1 is 1.42 bits per heavy atom. The van der Waals surface area contributed by atoms with Crippen LogP contribution in [0.3, 0.4) is 0 Å². The lowest BCUT2D eigenvalue weighted by Gasteiger charge is -1.98. The SMILES string of the molecule is C=Cc1occ(C)c(=O)c1C=C. The first-order valence-electron chi connectivity index (χ1n) is 3.58. The summed E-state index contributed by atoms with van der Waals surface area (Å²) in [6, 6.07) is 0. The summed E-state index contributed by atoms with van der Waals surface area (Å²) in [5.41, 5.74) is 1.01. The molecule has 0 atom stereocenters. The fourth-order valence-corrected chi connectivity index (χ4v) is 0.945. The van der Waals surface area contributed by atoms with Gasteiger partial charge in [-0.15, -0.1) is 0 Å². The number of hydrogen-bond acceptors (Lipinski definition) is 2. The van der Waals surface area contributed by atoms with Crippen molar-refractivity contribution in [3.8, 4) is 0 Å². The maximum atomic E-state index is 11.4. The van der Waals surface area contributed by atoms with Gasteiger partial charge in [0.1, 0.15) is 5.76 Å². The van der Waals surface area contributed by atoms with Crippen LogP contribution in [-0.2, 0) is 0 Å². The summed E-state index contributed by atoms with van der Waals surface area (Å²) in [4.78, 5) is 11.4. The molecule has 1 aromatic heterocycles. The Morgan fingerprint density at radius 2 is 2.08 bits per heavy atom. The van der Waals surface area contributed by atoms with Gasteiger partial charge in [0.25, 0.3) is 0 Å². The van der Waals surface area contributed by atoms with Crippen molar-refractivity contribution < 1.29 is 4.42 Å². The van der Waals surface area contributed by atoms with Crippen molar-refractivity contribution >= 4 is 12.2 Å². The summed E-state index contributed by atoms with van der Waals surface area (Å²) in [6.07, 6.45) is 4.40. The molecule has 0 aliphatic carbocycles. The van der Waals surface area contributed by atoms with E-state index in [4.69, 9.17) is 4.42 Å². The highest BCUT2D eigenvalue weighted by Gasteiger charge is 2.04. The Bertz CT molecular complexity index is 372. The maximum absolute atomic E-state index is 11.4. The van der Waals surface area contributed by atoms with Crippen LogP contribution >= 0.6 is 0 Å². The molecule has 12 heavy (non-hydrogen) atoms. The Morgan fingerprint density at radius 3 is 2.58 bits per heavy atom. The molecule has 0 bridgehead atoms. The van der Waals surface area contributed by atoms with E-state index in [2.05, 4.69) is 13.2 Å². The molecule has 0 N–H and O–H groups in total. The van der Waals surface area contributed by atoms with Gasteiger partial charge in [-0.05, 0) is 13.0 Å². The lowest BCUT2D eigenvalue weighted by atomic mass is 10.1. The van der Waals surface area contributed by atoms with E-state index in [1.54, 1.807) is 6.92 Å². The normalized spacial score (nSPS) is 9.42. The van der Waals surface area contributed by atoms with Gasteiger partial charge in [0.2, 0.25) is 0 Å². The lowest BCUT2D eigenvalue weighted by Crippen LogP contribution is -2.09. The van der Waals surface area contributed by atoms with Crippen LogP contribution in [0, 0.1) is 6.92 Å². The molecule has 0 radical (unpaired) electrons. The van der Waals surface area contributed by atoms with Crippen LogP contribution in [0.4, 0.5) is 0 Å². The molecule has 1 heterocycles. The Labute approximate surface area is 70.8 Å². The van der Waals surface area contributed by atoms with Crippen molar-refractivity contribution in [2.45, 2.75) is 6.92 Å². The van der Waals surface area contributed by atoms with Gasteiger partial charge in [0.05, 0.1) is 11.8 Å². The molecule has 1 aromatic rings. The van der Waals surface area contributed by atoms with Crippen LogP contribution in [0.25, 0.3) is 12.2 Å². The second-order valence-corrected chi connectivity index (χ2v) is 2.43. The maximum Gasteiger partial charge on any atom is 0.195 e. The molecule has 0 aliphatic rings. The minimum absolute atomic E-state index is 0.0499. The van der Waals surface area contributed by atoms with Crippen molar-refractivity contribution in [1.29, 1.82) is 0 Å². The third-order valence-electron chi connectivity index (χ3n) is 1.62. The molecule has 0 unspecified atom stereocenters. The third-order valence-corrected chi connectivity index (χ3v) is 1.62. The molecular weight excluding hydrogens is 152 g/mol. The number of rotatable bonds is 2. The number of aryl methyl sites for hydroxylation is 1. The van der Waals surface area contributed by atoms with Gasteiger partial charge < -0.3 is 4.42 Å². The quantitative estimate of drug-likeness (QED) is 0.667. The van der Waals surface area contributed by atoms with E-state index in [9.17, 15) is 4.79 Å². The minimum Gasteiger partial charge on any atom is -0.464 e. The van der Waals surface area contributed by atoms with Crippen LogP contribution in [0.5, 0.6) is 0 Å². The van der Waals surface area contributed by atoms with Crippen LogP contribution < -0.4 is 5.43 Å². The van der Waals surface area contributed by atoms with Crippen molar-refractivity contribution in [3.05, 3.63) is 46.5 Å². The molecule has 0 aliphatic heterocycles. The van der Waals surface area contributed by atoms with Gasteiger partial charge in [-0.2, -0.15) is 0 Å². The summed E-state index contributed by atoms with van der Waals surface area (Å²) in [5.74, 6) is 0.473. The minimum atomic E-state index is -0.0499. The van der Waals surface area contributed by atoms with Gasteiger partial charge >= 0.3 is 0 Å². The Balaban J connectivity index is 3.56. The first kappa shape index (κ1) is 8.53. The first-order valence-corrected chi connectivity index (χ1v) is 3.58. The first-order chi connectivity index (χ1) is 5.70. The molecule has 0 fully saturated rings. The van der Waals surface area contributed by atoms with Crippen LogP contribution in [-0.4, -0.2) is 0 Å². The van der Waals surface area contributed by atoms with E-state index in [1.165, 1.54) is 18.4 Å². The largest absolute Gasteiger partial charge is 0.464 e. The molecule has 2 nitrogen and oxygen atoms in total. The van der Waals surface area contributed by atoms with Gasteiger partial charge in [0, 0.05) is 5.56 Å². The Hall–Kier alpha value is -1.57. The van der Waals surface area contributed by atoms with Crippen LogP contribution in [0.2, 0.25) is 0 Å². The van der Waals surface area contributed by atoms with Crippen molar-refractivity contribution in [2.75, 3.05) is 0 Å². The fraction of sp³-hybridized carbons (Fsp3) is 0.100. The molecule has 1 rings (SSSR count). The summed E-state index contributed by atoms with van der Waals surface area (Å²) in [7, 11) is 0. The fourth-order valence-electron chi connectivity index (χ4n) is 0.945. The molecule has 0 amide bonds. The predicted molar refractivity (Wildman–Crippen MR) is 49.9 cm³/mol. The van der Waals surface area contributed by atoms with Crippen molar-refractivity contribution in [3.63, 3.8) is 0 Å². The second kappa shape index (κ2) is 3.22. The number of hydrogen-bond donors (Lipinski definition) is 0. The topological polar surface area (TPSA) is 30.2 Å². The second-order valence-electron chi connectivity index (χ2n) is 2.43. The van der Waals surface area contributed by atoms with Gasteiger partial charge in [-0.1, -0.05) is 19.2 Å². The van der Waals surface area contributed by atoms with E-state index in [-0.39, 0.29) is 5.43 Å². The molecule has 62 valence electrons. The molecule has 0 saturated carbocycles. The highest BCUT2D eigenvalue weighted by atomic mass is 16.3. The zero-order valence-electron chi connectivity index (χ0n) is 6.96. The lowest BCUT2D eigenvalue weighted by molar-refractivity contribution is 0.532. The predicted octanol–water partition coefficient (Wildman–Crippen LogP) is 2.23. The Kier molecular flexibility index (Phi) is 2.29. The molecule has 0 saturated heterocycles. The van der Waals surface area contributed by atoms with E-state index in [1.807, 2.05) is 0 Å². The highest BCUT2D eigenvalue weighted by molar-refractivity contribution is 5.59. The summed E-state index contributed by atoms with van der Waals surface area (Å²) in [6.45, 7) is 8.76. The smallest absolute Gasteiger partial charge is 0.195 e. The van der Waals surface area contributed by atoms with E-state index in [0.717, 1.165) is 0 Å². The van der Waals surface area contributed by atoms with Crippen molar-refractivity contribution in [1.82, 2.24) is 0 Å². The average molecular weight is 162 g/mol. The summed E-state index contributed by atoms with van der Waals surface area (Å²) in [5, 5.41) is 0. The van der Waals surface area contributed by atoms with E-state index < -0.39 is 0 Å². The van der Waals surface area contributed by atoms with Gasteiger partial charge in [-0.25, -0.2) is 0 Å².